The zero-order valence-corrected chi connectivity index (χ0v) is 13.4. The van der Waals surface area contributed by atoms with Crippen molar-refractivity contribution in [3.8, 4) is 11.4 Å². The summed E-state index contributed by atoms with van der Waals surface area (Å²) in [5, 5.41) is 1.11. The standard InChI is InChI=1S/C20H18N2O/c1-4-12(2)16-10-18-19-15(11-22(18)20(23)13(16)3)9-14-7-5-6-8-17(14)21-19/h5-10H,2,4,11H2,1,3H3. The van der Waals surface area contributed by atoms with E-state index in [4.69, 9.17) is 4.98 Å². The van der Waals surface area contributed by atoms with Gasteiger partial charge in [-0.1, -0.05) is 31.7 Å². The third-order valence-corrected chi connectivity index (χ3v) is 4.72. The summed E-state index contributed by atoms with van der Waals surface area (Å²) < 4.78 is 1.83. The van der Waals surface area contributed by atoms with Crippen molar-refractivity contribution in [2.24, 2.45) is 0 Å². The molecule has 3 aromatic rings. The molecular weight excluding hydrogens is 284 g/mol. The summed E-state index contributed by atoms with van der Waals surface area (Å²) in [6, 6.07) is 12.3. The first-order chi connectivity index (χ1) is 11.1. The largest absolute Gasteiger partial charge is 0.302 e. The van der Waals surface area contributed by atoms with E-state index >= 15 is 0 Å². The van der Waals surface area contributed by atoms with Crippen LogP contribution in [0.15, 0.2) is 47.8 Å². The van der Waals surface area contributed by atoms with E-state index in [1.807, 2.05) is 29.7 Å². The van der Waals surface area contributed by atoms with Gasteiger partial charge in [-0.05, 0) is 42.7 Å². The molecule has 114 valence electrons. The molecule has 1 aromatic carbocycles. The normalized spacial score (nSPS) is 12.3. The van der Waals surface area contributed by atoms with E-state index in [-0.39, 0.29) is 5.56 Å². The van der Waals surface area contributed by atoms with Crippen molar-refractivity contribution in [1.82, 2.24) is 9.55 Å². The van der Waals surface area contributed by atoms with E-state index in [1.165, 1.54) is 0 Å². The Hall–Kier alpha value is -2.68. The monoisotopic (exact) mass is 302 g/mol. The van der Waals surface area contributed by atoms with Crippen LogP contribution < -0.4 is 5.56 Å². The Balaban J connectivity index is 2.02. The molecule has 4 rings (SSSR count). The molecule has 0 amide bonds. The Morgan fingerprint density at radius 2 is 2.09 bits per heavy atom. The summed E-state index contributed by atoms with van der Waals surface area (Å²) in [7, 11) is 0. The number of hydrogen-bond acceptors (Lipinski definition) is 2. The van der Waals surface area contributed by atoms with Crippen molar-refractivity contribution < 1.29 is 0 Å². The number of para-hydroxylation sites is 1. The van der Waals surface area contributed by atoms with Crippen molar-refractivity contribution in [3.05, 3.63) is 70.0 Å². The second kappa shape index (κ2) is 4.92. The van der Waals surface area contributed by atoms with Gasteiger partial charge in [0.1, 0.15) is 0 Å². The number of allylic oxidation sites excluding steroid dienone is 1. The van der Waals surface area contributed by atoms with Gasteiger partial charge < -0.3 is 4.57 Å². The molecule has 0 unspecified atom stereocenters. The molecule has 0 spiro atoms. The second-order valence-electron chi connectivity index (χ2n) is 6.11. The highest BCUT2D eigenvalue weighted by molar-refractivity contribution is 5.84. The van der Waals surface area contributed by atoms with Gasteiger partial charge >= 0.3 is 0 Å². The lowest BCUT2D eigenvalue weighted by Crippen LogP contribution is -2.22. The highest BCUT2D eigenvalue weighted by Gasteiger charge is 2.24. The number of nitrogens with zero attached hydrogens (tertiary/aromatic N) is 2. The third kappa shape index (κ3) is 1.96. The van der Waals surface area contributed by atoms with Gasteiger partial charge in [-0.15, -0.1) is 0 Å². The lowest BCUT2D eigenvalue weighted by Gasteiger charge is -2.11. The summed E-state index contributed by atoms with van der Waals surface area (Å²) in [6.07, 6.45) is 0.835. The zero-order chi connectivity index (χ0) is 16.1. The number of fused-ring (bicyclic) bond motifs is 4. The van der Waals surface area contributed by atoms with Crippen LogP contribution in [0.3, 0.4) is 0 Å². The fourth-order valence-corrected chi connectivity index (χ4v) is 3.33. The maximum absolute atomic E-state index is 12.8. The van der Waals surface area contributed by atoms with Gasteiger partial charge in [-0.2, -0.15) is 0 Å². The van der Waals surface area contributed by atoms with Crippen LogP contribution in [0.1, 0.15) is 30.0 Å². The minimum absolute atomic E-state index is 0.0640. The summed E-state index contributed by atoms with van der Waals surface area (Å²) in [4.78, 5) is 17.6. The van der Waals surface area contributed by atoms with E-state index in [0.717, 1.165) is 51.0 Å². The molecule has 3 nitrogen and oxygen atoms in total. The molecular formula is C20H18N2O. The van der Waals surface area contributed by atoms with E-state index in [0.29, 0.717) is 6.54 Å². The average molecular weight is 302 g/mol. The predicted molar refractivity (Wildman–Crippen MR) is 94.6 cm³/mol. The topological polar surface area (TPSA) is 34.9 Å². The smallest absolute Gasteiger partial charge is 0.254 e. The number of hydrogen-bond donors (Lipinski definition) is 0. The first-order valence-electron chi connectivity index (χ1n) is 7.91. The molecule has 0 bridgehead atoms. The maximum Gasteiger partial charge on any atom is 0.254 e. The Morgan fingerprint density at radius 1 is 1.30 bits per heavy atom. The highest BCUT2D eigenvalue weighted by Crippen LogP contribution is 2.33. The Bertz CT molecular complexity index is 1030. The van der Waals surface area contributed by atoms with Crippen LogP contribution in [0.4, 0.5) is 0 Å². The van der Waals surface area contributed by atoms with Gasteiger partial charge in [0.25, 0.3) is 5.56 Å². The van der Waals surface area contributed by atoms with Crippen molar-refractivity contribution in [1.29, 1.82) is 0 Å². The van der Waals surface area contributed by atoms with Crippen molar-refractivity contribution in [2.75, 3.05) is 0 Å². The van der Waals surface area contributed by atoms with Gasteiger partial charge in [-0.25, -0.2) is 4.98 Å². The molecule has 1 aliphatic heterocycles. The zero-order valence-electron chi connectivity index (χ0n) is 13.4. The lowest BCUT2D eigenvalue weighted by molar-refractivity contribution is 0.794. The first kappa shape index (κ1) is 13.9. The lowest BCUT2D eigenvalue weighted by atomic mass is 10.00. The van der Waals surface area contributed by atoms with Crippen LogP contribution >= 0.6 is 0 Å². The number of pyridine rings is 2. The molecule has 0 saturated carbocycles. The Labute approximate surface area is 134 Å². The Kier molecular flexibility index (Phi) is 2.98. The summed E-state index contributed by atoms with van der Waals surface area (Å²) >= 11 is 0. The minimum Gasteiger partial charge on any atom is -0.302 e. The van der Waals surface area contributed by atoms with Crippen molar-refractivity contribution in [3.63, 3.8) is 0 Å². The van der Waals surface area contributed by atoms with Crippen LogP contribution in [-0.4, -0.2) is 9.55 Å². The van der Waals surface area contributed by atoms with E-state index < -0.39 is 0 Å². The number of benzene rings is 1. The van der Waals surface area contributed by atoms with Crippen LogP contribution in [-0.2, 0) is 6.54 Å². The molecule has 3 heteroatoms. The molecule has 23 heavy (non-hydrogen) atoms. The number of aromatic nitrogens is 2. The van der Waals surface area contributed by atoms with Crippen molar-refractivity contribution >= 4 is 16.5 Å². The molecule has 0 atom stereocenters. The quantitative estimate of drug-likeness (QED) is 0.557. The molecule has 0 saturated heterocycles. The third-order valence-electron chi connectivity index (χ3n) is 4.72. The SMILES string of the molecule is C=C(CC)c1cc2n(c(=O)c1C)Cc1cc3ccccc3nc1-2. The van der Waals surface area contributed by atoms with E-state index in [1.54, 1.807) is 0 Å². The summed E-state index contributed by atoms with van der Waals surface area (Å²) in [5.74, 6) is 0. The van der Waals surface area contributed by atoms with E-state index in [2.05, 4.69) is 31.7 Å². The minimum atomic E-state index is 0.0640. The molecule has 0 aliphatic carbocycles. The van der Waals surface area contributed by atoms with E-state index in [9.17, 15) is 4.79 Å². The fourth-order valence-electron chi connectivity index (χ4n) is 3.33. The summed E-state index contributed by atoms with van der Waals surface area (Å²) in [5.41, 5.74) is 6.70. The molecule has 0 fully saturated rings. The van der Waals surface area contributed by atoms with Gasteiger partial charge in [-0.3, -0.25) is 4.79 Å². The van der Waals surface area contributed by atoms with Gasteiger partial charge in [0.05, 0.1) is 23.4 Å². The van der Waals surface area contributed by atoms with Crippen molar-refractivity contribution in [2.45, 2.75) is 26.8 Å². The number of rotatable bonds is 2. The summed E-state index contributed by atoms with van der Waals surface area (Å²) in [6.45, 7) is 8.66. The van der Waals surface area contributed by atoms with Gasteiger partial charge in [0, 0.05) is 16.5 Å². The predicted octanol–water partition coefficient (Wildman–Crippen LogP) is 4.16. The van der Waals surface area contributed by atoms with Crippen LogP contribution in [0.25, 0.3) is 27.9 Å². The van der Waals surface area contributed by atoms with Crippen LogP contribution in [0.5, 0.6) is 0 Å². The maximum atomic E-state index is 12.8. The molecule has 1 aliphatic rings. The first-order valence-corrected chi connectivity index (χ1v) is 7.91. The van der Waals surface area contributed by atoms with Crippen LogP contribution in [0, 0.1) is 6.92 Å². The highest BCUT2D eigenvalue weighted by atomic mass is 16.1. The molecule has 3 heterocycles. The van der Waals surface area contributed by atoms with Gasteiger partial charge in [0.15, 0.2) is 0 Å². The fraction of sp³-hybridized carbons (Fsp3) is 0.200. The molecule has 0 N–H and O–H groups in total. The van der Waals surface area contributed by atoms with Crippen LogP contribution in [0.2, 0.25) is 0 Å². The second-order valence-corrected chi connectivity index (χ2v) is 6.11. The Morgan fingerprint density at radius 3 is 2.87 bits per heavy atom. The van der Waals surface area contributed by atoms with Gasteiger partial charge in [0.2, 0.25) is 0 Å². The molecule has 2 aromatic heterocycles. The average Bonchev–Trinajstić information content (AvgIpc) is 2.93. The molecule has 0 radical (unpaired) electrons.